The molecule has 0 bridgehead atoms. The van der Waals surface area contributed by atoms with Crippen molar-refractivity contribution in [3.05, 3.63) is 33.7 Å². The molecule has 222 valence electrons. The van der Waals surface area contributed by atoms with Crippen molar-refractivity contribution < 1.29 is 63.8 Å². The second-order valence-corrected chi connectivity index (χ2v) is 11.1. The number of rotatable bonds is 7. The number of aliphatic hydroxyl groups is 6. The minimum Gasteiger partial charge on any atom is -0.507 e. The van der Waals surface area contributed by atoms with Gasteiger partial charge in [-0.15, -0.1) is 0 Å². The van der Waals surface area contributed by atoms with E-state index in [4.69, 9.17) is 28.1 Å². The van der Waals surface area contributed by atoms with E-state index in [9.17, 15) is 40.5 Å². The number of phenolic OH excluding ortho intramolecular Hbond substituents is 1. The van der Waals surface area contributed by atoms with E-state index in [2.05, 4.69) is 0 Å². The monoisotopic (exact) mass is 570 g/mol. The third kappa shape index (κ3) is 4.98. The number of hydrogen-bond donors (Lipinski definition) is 7. The molecule has 14 heteroatoms. The smallest absolute Gasteiger partial charge is 0.196 e. The molecule has 2 aromatic rings. The topological polar surface area (TPSA) is 218 Å². The summed E-state index contributed by atoms with van der Waals surface area (Å²) in [6.45, 7) is 3.32. The average molecular weight is 571 g/mol. The third-order valence-corrected chi connectivity index (χ3v) is 7.71. The van der Waals surface area contributed by atoms with Crippen LogP contribution < -0.4 is 10.2 Å². The highest BCUT2D eigenvalue weighted by Gasteiger charge is 2.51. The summed E-state index contributed by atoms with van der Waals surface area (Å²) in [7, 11) is 0. The minimum atomic E-state index is -1.91. The lowest BCUT2D eigenvalue weighted by molar-refractivity contribution is -0.335. The summed E-state index contributed by atoms with van der Waals surface area (Å²) in [5.41, 5.74) is -2.96. The van der Waals surface area contributed by atoms with E-state index in [1.165, 1.54) is 12.1 Å². The fraction of sp³-hybridized carbons (Fsp3) is 0.654. The molecule has 4 heterocycles. The van der Waals surface area contributed by atoms with Crippen molar-refractivity contribution in [3.63, 3.8) is 0 Å². The lowest BCUT2D eigenvalue weighted by atomic mass is 9.94. The van der Waals surface area contributed by atoms with E-state index < -0.39 is 79.0 Å². The lowest BCUT2D eigenvalue weighted by Gasteiger charge is -2.44. The average Bonchev–Trinajstić information content (AvgIpc) is 3.45. The lowest BCUT2D eigenvalue weighted by Crippen LogP contribution is -2.61. The first kappa shape index (κ1) is 29.1. The summed E-state index contributed by atoms with van der Waals surface area (Å²) < 4.78 is 34.0. The molecule has 0 spiro atoms. The van der Waals surface area contributed by atoms with Gasteiger partial charge in [-0.1, -0.05) is 0 Å². The maximum Gasteiger partial charge on any atom is 0.196 e. The van der Waals surface area contributed by atoms with E-state index in [0.717, 1.165) is 0 Å². The first-order valence-electron chi connectivity index (χ1n) is 12.8. The molecule has 9 atom stereocenters. The number of phenols is 1. The number of ether oxygens (including phenoxy) is 5. The molecule has 1 aromatic carbocycles. The maximum atomic E-state index is 12.5. The Morgan fingerprint density at radius 1 is 1.10 bits per heavy atom. The van der Waals surface area contributed by atoms with Crippen LogP contribution in [0.2, 0.25) is 0 Å². The molecule has 0 aliphatic carbocycles. The van der Waals surface area contributed by atoms with Crippen LogP contribution in [0.15, 0.2) is 21.3 Å². The molecule has 5 rings (SSSR count). The Hall–Kier alpha value is -2.37. The third-order valence-electron chi connectivity index (χ3n) is 7.71. The number of hydrogen-bond acceptors (Lipinski definition) is 14. The Bertz CT molecular complexity index is 1310. The number of benzene rings is 1. The summed E-state index contributed by atoms with van der Waals surface area (Å²) in [5, 5.41) is 72.0. The molecule has 0 unspecified atom stereocenters. The van der Waals surface area contributed by atoms with Gasteiger partial charge in [0.25, 0.3) is 0 Å². The fourth-order valence-corrected chi connectivity index (χ4v) is 5.16. The van der Waals surface area contributed by atoms with Gasteiger partial charge in [0, 0.05) is 24.1 Å². The maximum absolute atomic E-state index is 12.5. The number of aryl methyl sites for hydroxylation is 1. The first-order chi connectivity index (χ1) is 18.8. The van der Waals surface area contributed by atoms with Crippen LogP contribution in [-0.2, 0) is 25.4 Å². The van der Waals surface area contributed by atoms with Crippen LogP contribution in [-0.4, -0.2) is 116 Å². The zero-order chi connectivity index (χ0) is 29.1. The van der Waals surface area contributed by atoms with Gasteiger partial charge in [-0.25, -0.2) is 0 Å². The van der Waals surface area contributed by atoms with Crippen molar-refractivity contribution in [2.75, 3.05) is 19.8 Å². The van der Waals surface area contributed by atoms with Gasteiger partial charge in [-0.2, -0.15) is 0 Å². The zero-order valence-corrected chi connectivity index (χ0v) is 22.1. The SMILES string of the molecule is Cc1cc(=O)c2c(O)c3c(cc2o1)O[C@H](C(C)(C)O[C@@H]1O[C@H](CO[C@@H]2OC[C@](O)(CO)[C@H]2O)[C@@H](O)[C@H](O)[C@H]1O)C3. The number of fused-ring (bicyclic) bond motifs is 2. The Kier molecular flexibility index (Phi) is 7.63. The van der Waals surface area contributed by atoms with Crippen LogP contribution in [0.3, 0.4) is 0 Å². The molecule has 0 amide bonds. The first-order valence-corrected chi connectivity index (χ1v) is 12.8. The van der Waals surface area contributed by atoms with Crippen molar-refractivity contribution in [1.82, 2.24) is 0 Å². The van der Waals surface area contributed by atoms with E-state index in [1.54, 1.807) is 20.8 Å². The predicted molar refractivity (Wildman–Crippen MR) is 133 cm³/mol. The zero-order valence-electron chi connectivity index (χ0n) is 22.1. The van der Waals surface area contributed by atoms with E-state index >= 15 is 0 Å². The summed E-state index contributed by atoms with van der Waals surface area (Å²) in [6, 6.07) is 2.80. The highest BCUT2D eigenvalue weighted by atomic mass is 16.7. The molecule has 2 fully saturated rings. The van der Waals surface area contributed by atoms with E-state index in [0.29, 0.717) is 17.1 Å². The standard InChI is InChI=1S/C26H34O14/c1-10-4-12(28)17-14(37-10)6-13-11(18(17)29)5-16(38-13)25(2,3)40-23-21(32)20(31)19(30)15(39-23)7-35-24-22(33)26(34,8-27)9-36-24/h4,6,15-16,19-24,27,29-34H,5,7-9H2,1-3H3/t15-,16+,19-,20+,21-,22+,23+,24-,26-/m1/s1. The highest BCUT2D eigenvalue weighted by molar-refractivity contribution is 5.87. The van der Waals surface area contributed by atoms with Gasteiger partial charge in [0.15, 0.2) is 18.0 Å². The van der Waals surface area contributed by atoms with E-state index in [-0.39, 0.29) is 29.7 Å². The van der Waals surface area contributed by atoms with Gasteiger partial charge >= 0.3 is 0 Å². The minimum absolute atomic E-state index is 0.0344. The molecule has 0 saturated carbocycles. The van der Waals surface area contributed by atoms with Gasteiger partial charge in [0.2, 0.25) is 0 Å². The molecule has 2 saturated heterocycles. The van der Waals surface area contributed by atoms with Crippen molar-refractivity contribution >= 4 is 11.0 Å². The second-order valence-electron chi connectivity index (χ2n) is 11.1. The van der Waals surface area contributed by atoms with Crippen molar-refractivity contribution in [2.24, 2.45) is 0 Å². The van der Waals surface area contributed by atoms with Crippen molar-refractivity contribution in [3.8, 4) is 11.5 Å². The van der Waals surface area contributed by atoms with Crippen LogP contribution in [0.1, 0.15) is 25.2 Å². The van der Waals surface area contributed by atoms with Crippen molar-refractivity contribution in [1.29, 1.82) is 0 Å². The molecule has 40 heavy (non-hydrogen) atoms. The Labute approximate surface area is 227 Å². The van der Waals surface area contributed by atoms with Gasteiger partial charge in [-0.3, -0.25) is 4.79 Å². The predicted octanol–water partition coefficient (Wildman–Crippen LogP) is -1.83. The molecule has 3 aliphatic heterocycles. The Morgan fingerprint density at radius 3 is 2.50 bits per heavy atom. The van der Waals surface area contributed by atoms with Gasteiger partial charge in [0.1, 0.15) is 76.1 Å². The second kappa shape index (κ2) is 10.5. The summed E-state index contributed by atoms with van der Waals surface area (Å²) >= 11 is 0. The quantitative estimate of drug-likeness (QED) is 0.195. The number of aliphatic hydroxyl groups excluding tert-OH is 5. The van der Waals surface area contributed by atoms with Gasteiger partial charge in [0.05, 0.1) is 19.8 Å². The van der Waals surface area contributed by atoms with Crippen LogP contribution in [0.25, 0.3) is 11.0 Å². The van der Waals surface area contributed by atoms with Gasteiger partial charge < -0.3 is 63.8 Å². The van der Waals surface area contributed by atoms with Crippen LogP contribution in [0, 0.1) is 6.92 Å². The molecular formula is C26H34O14. The van der Waals surface area contributed by atoms with Crippen LogP contribution in [0.5, 0.6) is 11.5 Å². The Balaban J connectivity index is 1.29. The normalized spacial score (nSPS) is 36.1. The molecule has 3 aliphatic rings. The molecule has 1 aromatic heterocycles. The highest BCUT2D eigenvalue weighted by Crippen LogP contribution is 2.43. The summed E-state index contributed by atoms with van der Waals surface area (Å²) in [6.07, 6.45) is -11.2. The molecule has 7 N–H and O–H groups in total. The van der Waals surface area contributed by atoms with E-state index in [1.807, 2.05) is 0 Å². The van der Waals surface area contributed by atoms with Crippen LogP contribution >= 0.6 is 0 Å². The van der Waals surface area contributed by atoms with Gasteiger partial charge in [-0.05, 0) is 20.8 Å². The Morgan fingerprint density at radius 2 is 1.82 bits per heavy atom. The molecular weight excluding hydrogens is 536 g/mol. The number of aromatic hydroxyl groups is 1. The van der Waals surface area contributed by atoms with Crippen molar-refractivity contribution in [2.45, 2.75) is 87.6 Å². The fourth-order valence-electron chi connectivity index (χ4n) is 5.16. The molecule has 0 radical (unpaired) electrons. The summed E-state index contributed by atoms with van der Waals surface area (Å²) in [5.74, 6) is 0.412. The molecule has 14 nitrogen and oxygen atoms in total. The summed E-state index contributed by atoms with van der Waals surface area (Å²) in [4.78, 5) is 12.5. The van der Waals surface area contributed by atoms with Crippen LogP contribution in [0.4, 0.5) is 0 Å². The largest absolute Gasteiger partial charge is 0.507 e.